The van der Waals surface area contributed by atoms with Gasteiger partial charge < -0.3 is 10.1 Å². The minimum absolute atomic E-state index is 0.151. The Morgan fingerprint density at radius 2 is 2.00 bits per heavy atom. The molecule has 3 nitrogen and oxygen atoms in total. The van der Waals surface area contributed by atoms with Crippen LogP contribution in [0, 0.1) is 5.92 Å². The highest BCUT2D eigenvalue weighted by molar-refractivity contribution is 5.52. The maximum Gasteiger partial charge on any atom is 0.237 e. The third-order valence-corrected chi connectivity index (χ3v) is 2.85. The molecule has 17 heavy (non-hydrogen) atoms. The fourth-order valence-electron chi connectivity index (χ4n) is 1.67. The van der Waals surface area contributed by atoms with Gasteiger partial charge in [0.25, 0.3) is 0 Å². The van der Waals surface area contributed by atoms with Gasteiger partial charge in [-0.2, -0.15) is 0 Å². The van der Waals surface area contributed by atoms with Crippen molar-refractivity contribution in [2.45, 2.75) is 46.6 Å². The number of ether oxygens (including phenoxy) is 1. The van der Waals surface area contributed by atoms with E-state index in [2.05, 4.69) is 24.1 Å². The summed E-state index contributed by atoms with van der Waals surface area (Å²) in [4.78, 5) is 4.26. The van der Waals surface area contributed by atoms with E-state index in [1.54, 1.807) is 6.20 Å². The van der Waals surface area contributed by atoms with E-state index in [4.69, 9.17) is 4.74 Å². The van der Waals surface area contributed by atoms with Gasteiger partial charge in [-0.05, 0) is 31.9 Å². The van der Waals surface area contributed by atoms with Gasteiger partial charge in [-0.15, -0.1) is 0 Å². The summed E-state index contributed by atoms with van der Waals surface area (Å²) in [5.74, 6) is 1.41. The van der Waals surface area contributed by atoms with Crippen molar-refractivity contribution in [3.05, 3.63) is 18.3 Å². The Balaban J connectivity index is 2.63. The number of nitrogens with one attached hydrogen (secondary N) is 1. The van der Waals surface area contributed by atoms with Crippen molar-refractivity contribution in [2.24, 2.45) is 5.92 Å². The smallest absolute Gasteiger partial charge is 0.237 e. The van der Waals surface area contributed by atoms with Gasteiger partial charge in [0.1, 0.15) is 0 Å². The first-order chi connectivity index (χ1) is 8.17. The van der Waals surface area contributed by atoms with Crippen LogP contribution in [-0.2, 0) is 0 Å². The lowest BCUT2D eigenvalue weighted by Gasteiger charge is -2.17. The summed E-state index contributed by atoms with van der Waals surface area (Å²) in [6.07, 6.45) is 4.31. The van der Waals surface area contributed by atoms with Crippen molar-refractivity contribution in [3.63, 3.8) is 0 Å². The first-order valence-electron chi connectivity index (χ1n) is 6.52. The predicted molar refractivity (Wildman–Crippen MR) is 72.6 cm³/mol. The molecule has 0 atom stereocenters. The number of rotatable bonds is 7. The van der Waals surface area contributed by atoms with Crippen LogP contribution in [0.3, 0.4) is 0 Å². The molecule has 1 aromatic rings. The second-order valence-electron chi connectivity index (χ2n) is 4.59. The molecule has 0 saturated heterocycles. The Morgan fingerprint density at radius 1 is 1.29 bits per heavy atom. The van der Waals surface area contributed by atoms with E-state index >= 15 is 0 Å². The van der Waals surface area contributed by atoms with Gasteiger partial charge in [0.15, 0.2) is 0 Å². The van der Waals surface area contributed by atoms with Crippen LogP contribution in [0.2, 0.25) is 0 Å². The van der Waals surface area contributed by atoms with Crippen molar-refractivity contribution in [2.75, 3.05) is 11.9 Å². The normalized spacial score (nSPS) is 10.9. The van der Waals surface area contributed by atoms with Crippen LogP contribution in [0.4, 0.5) is 5.69 Å². The third-order valence-electron chi connectivity index (χ3n) is 2.85. The van der Waals surface area contributed by atoms with Gasteiger partial charge >= 0.3 is 0 Å². The topological polar surface area (TPSA) is 34.2 Å². The van der Waals surface area contributed by atoms with Gasteiger partial charge in [-0.1, -0.05) is 26.7 Å². The monoisotopic (exact) mass is 236 g/mol. The number of aromatic nitrogens is 1. The number of anilines is 1. The lowest BCUT2D eigenvalue weighted by atomic mass is 10.0. The average Bonchev–Trinajstić information content (AvgIpc) is 2.31. The molecular weight excluding hydrogens is 212 g/mol. The first-order valence-corrected chi connectivity index (χ1v) is 6.52. The Bertz CT molecular complexity index is 322. The summed E-state index contributed by atoms with van der Waals surface area (Å²) in [6.45, 7) is 9.46. The molecule has 1 rings (SSSR count). The van der Waals surface area contributed by atoms with Crippen LogP contribution in [-0.4, -0.2) is 17.6 Å². The molecule has 96 valence electrons. The molecule has 1 heterocycles. The number of hydrogen-bond acceptors (Lipinski definition) is 3. The second-order valence-corrected chi connectivity index (χ2v) is 4.59. The molecule has 1 aromatic heterocycles. The molecule has 0 saturated carbocycles. The summed E-state index contributed by atoms with van der Waals surface area (Å²) in [5.41, 5.74) is 0.994. The van der Waals surface area contributed by atoms with Crippen LogP contribution >= 0.6 is 0 Å². The molecule has 0 radical (unpaired) electrons. The van der Waals surface area contributed by atoms with Crippen LogP contribution in [0.1, 0.15) is 40.5 Å². The molecule has 0 bridgehead atoms. The highest BCUT2D eigenvalue weighted by atomic mass is 16.5. The van der Waals surface area contributed by atoms with Crippen LogP contribution < -0.4 is 10.1 Å². The van der Waals surface area contributed by atoms with Crippen molar-refractivity contribution < 1.29 is 4.74 Å². The minimum Gasteiger partial charge on any atom is -0.473 e. The van der Waals surface area contributed by atoms with Gasteiger partial charge in [-0.3, -0.25) is 0 Å². The Hall–Kier alpha value is -1.25. The zero-order valence-corrected chi connectivity index (χ0v) is 11.4. The van der Waals surface area contributed by atoms with Crippen LogP contribution in [0.25, 0.3) is 0 Å². The van der Waals surface area contributed by atoms with E-state index < -0.39 is 0 Å². The standard InChI is InChI=1S/C14H24N2O/c1-5-12(6-2)10-16-13-8-7-9-15-14(13)17-11(3)4/h7-9,11-12,16H,5-6,10H2,1-4H3. The summed E-state index contributed by atoms with van der Waals surface area (Å²) < 4.78 is 5.67. The maximum absolute atomic E-state index is 5.67. The van der Waals surface area contributed by atoms with Crippen molar-refractivity contribution in [3.8, 4) is 5.88 Å². The second kappa shape index (κ2) is 7.15. The van der Waals surface area contributed by atoms with Crippen molar-refractivity contribution >= 4 is 5.69 Å². The highest BCUT2D eigenvalue weighted by Gasteiger charge is 2.08. The predicted octanol–water partition coefficient (Wildman–Crippen LogP) is 3.72. The minimum atomic E-state index is 0.151. The van der Waals surface area contributed by atoms with Gasteiger partial charge in [-0.25, -0.2) is 4.98 Å². The Labute approximate surface area is 105 Å². The number of hydrogen-bond donors (Lipinski definition) is 1. The molecule has 1 N–H and O–H groups in total. The Kier molecular flexibility index (Phi) is 5.81. The van der Waals surface area contributed by atoms with E-state index in [9.17, 15) is 0 Å². The summed E-state index contributed by atoms with van der Waals surface area (Å²) in [7, 11) is 0. The molecule has 0 aliphatic heterocycles. The molecule has 0 aliphatic carbocycles. The third kappa shape index (κ3) is 4.63. The largest absolute Gasteiger partial charge is 0.473 e. The van der Waals surface area contributed by atoms with E-state index in [0.717, 1.165) is 12.2 Å². The van der Waals surface area contributed by atoms with E-state index in [1.807, 2.05) is 26.0 Å². The molecule has 0 amide bonds. The lowest BCUT2D eigenvalue weighted by Crippen LogP contribution is -2.15. The molecule has 0 fully saturated rings. The van der Waals surface area contributed by atoms with Gasteiger partial charge in [0.05, 0.1) is 11.8 Å². The lowest BCUT2D eigenvalue weighted by molar-refractivity contribution is 0.234. The van der Waals surface area contributed by atoms with E-state index in [0.29, 0.717) is 11.8 Å². The molecule has 0 spiro atoms. The SMILES string of the molecule is CCC(CC)CNc1cccnc1OC(C)C. The van der Waals surface area contributed by atoms with E-state index in [-0.39, 0.29) is 6.10 Å². The quantitative estimate of drug-likeness (QED) is 0.783. The Morgan fingerprint density at radius 3 is 2.59 bits per heavy atom. The van der Waals surface area contributed by atoms with Gasteiger partial charge in [0.2, 0.25) is 5.88 Å². The molecule has 3 heteroatoms. The highest BCUT2D eigenvalue weighted by Crippen LogP contribution is 2.22. The number of nitrogens with zero attached hydrogens (tertiary/aromatic N) is 1. The molecule has 0 aromatic carbocycles. The fraction of sp³-hybridized carbons (Fsp3) is 0.643. The molecular formula is C14H24N2O. The van der Waals surface area contributed by atoms with Crippen LogP contribution in [0.15, 0.2) is 18.3 Å². The fourth-order valence-corrected chi connectivity index (χ4v) is 1.67. The number of pyridine rings is 1. The van der Waals surface area contributed by atoms with Crippen LogP contribution in [0.5, 0.6) is 5.88 Å². The molecule has 0 unspecified atom stereocenters. The summed E-state index contributed by atoms with van der Waals surface area (Å²) in [6, 6.07) is 3.95. The average molecular weight is 236 g/mol. The summed E-state index contributed by atoms with van der Waals surface area (Å²) >= 11 is 0. The zero-order valence-electron chi connectivity index (χ0n) is 11.4. The molecule has 0 aliphatic rings. The van der Waals surface area contributed by atoms with Crippen molar-refractivity contribution in [1.82, 2.24) is 4.98 Å². The van der Waals surface area contributed by atoms with E-state index in [1.165, 1.54) is 12.8 Å². The first kappa shape index (κ1) is 13.8. The van der Waals surface area contributed by atoms with Gasteiger partial charge in [0, 0.05) is 12.7 Å². The van der Waals surface area contributed by atoms with Crippen molar-refractivity contribution in [1.29, 1.82) is 0 Å². The maximum atomic E-state index is 5.67. The summed E-state index contributed by atoms with van der Waals surface area (Å²) in [5, 5.41) is 3.43. The zero-order chi connectivity index (χ0) is 12.7.